The SMILES string of the molecule is Cc1ccc(N=Nc2c(O)c(S(=O)(=O)O)cc3cc(S(=O)(=O)[O-])ccc23)c(C)c1. The van der Waals surface area contributed by atoms with Gasteiger partial charge in [-0.2, -0.15) is 13.5 Å². The Hall–Kier alpha value is -2.86. The Morgan fingerprint density at radius 3 is 2.21 bits per heavy atom. The van der Waals surface area contributed by atoms with Crippen molar-refractivity contribution in [3.8, 4) is 5.75 Å². The second kappa shape index (κ2) is 7.19. The van der Waals surface area contributed by atoms with Crippen molar-refractivity contribution >= 4 is 42.4 Å². The van der Waals surface area contributed by atoms with Crippen LogP contribution in [0.4, 0.5) is 11.4 Å². The van der Waals surface area contributed by atoms with Crippen LogP contribution < -0.4 is 0 Å². The van der Waals surface area contributed by atoms with Crippen LogP contribution in [0.3, 0.4) is 0 Å². The average molecular weight is 435 g/mol. The molecule has 3 aromatic carbocycles. The molecule has 0 radical (unpaired) electrons. The summed E-state index contributed by atoms with van der Waals surface area (Å²) in [6.07, 6.45) is 0. The van der Waals surface area contributed by atoms with Crippen molar-refractivity contribution in [3.05, 3.63) is 53.6 Å². The highest BCUT2D eigenvalue weighted by Crippen LogP contribution is 2.42. The number of nitrogens with zero attached hydrogens (tertiary/aromatic N) is 2. The molecule has 29 heavy (non-hydrogen) atoms. The maximum Gasteiger partial charge on any atom is 0.298 e. The number of phenolic OH excluding ortho intramolecular Hbond substituents is 1. The average Bonchev–Trinajstić information content (AvgIpc) is 2.59. The number of azo groups is 1. The fourth-order valence-corrected chi connectivity index (χ4v) is 3.93. The van der Waals surface area contributed by atoms with E-state index in [1.54, 1.807) is 19.1 Å². The van der Waals surface area contributed by atoms with E-state index in [1.165, 1.54) is 6.07 Å². The van der Waals surface area contributed by atoms with Crippen LogP contribution in [-0.4, -0.2) is 31.0 Å². The van der Waals surface area contributed by atoms with Gasteiger partial charge in [0, 0.05) is 5.39 Å². The Kier molecular flexibility index (Phi) is 5.17. The monoisotopic (exact) mass is 435 g/mol. The Labute approximate surface area is 166 Å². The van der Waals surface area contributed by atoms with Gasteiger partial charge < -0.3 is 9.66 Å². The molecule has 3 aromatic rings. The topological polar surface area (TPSA) is 157 Å². The lowest BCUT2D eigenvalue weighted by molar-refractivity contribution is 0.445. The van der Waals surface area contributed by atoms with Gasteiger partial charge in [0.2, 0.25) is 0 Å². The van der Waals surface area contributed by atoms with E-state index in [0.717, 1.165) is 29.3 Å². The zero-order chi connectivity index (χ0) is 21.6. The first-order chi connectivity index (χ1) is 13.4. The number of phenols is 1. The molecule has 0 fully saturated rings. The fraction of sp³-hybridized carbons (Fsp3) is 0.111. The van der Waals surface area contributed by atoms with Gasteiger partial charge in [-0.05, 0) is 49.1 Å². The number of rotatable bonds is 4. The van der Waals surface area contributed by atoms with Gasteiger partial charge in [-0.1, -0.05) is 23.8 Å². The van der Waals surface area contributed by atoms with Crippen LogP contribution in [0, 0.1) is 13.8 Å². The molecule has 9 nitrogen and oxygen atoms in total. The van der Waals surface area contributed by atoms with Crippen LogP contribution in [-0.2, 0) is 20.2 Å². The van der Waals surface area contributed by atoms with Gasteiger partial charge in [0.25, 0.3) is 10.1 Å². The van der Waals surface area contributed by atoms with E-state index in [4.69, 9.17) is 0 Å². The lowest BCUT2D eigenvalue weighted by atomic mass is 10.1. The quantitative estimate of drug-likeness (QED) is 0.467. The first kappa shape index (κ1) is 20.9. The third-order valence-electron chi connectivity index (χ3n) is 4.20. The molecule has 0 aliphatic rings. The smallest absolute Gasteiger partial charge is 0.298 e. The van der Waals surface area contributed by atoms with Gasteiger partial charge >= 0.3 is 0 Å². The second-order valence-corrected chi connectivity index (χ2v) is 9.14. The first-order valence-corrected chi connectivity index (χ1v) is 10.9. The number of hydrogen-bond acceptors (Lipinski definition) is 8. The predicted octanol–water partition coefficient (Wildman–Crippen LogP) is 3.73. The molecule has 0 atom stereocenters. The van der Waals surface area contributed by atoms with E-state index < -0.39 is 35.8 Å². The Morgan fingerprint density at radius 2 is 1.62 bits per heavy atom. The molecule has 11 heteroatoms. The summed E-state index contributed by atoms with van der Waals surface area (Å²) in [7, 11) is -9.68. The first-order valence-electron chi connectivity index (χ1n) is 8.10. The van der Waals surface area contributed by atoms with Crippen molar-refractivity contribution < 1.29 is 31.0 Å². The summed E-state index contributed by atoms with van der Waals surface area (Å²) in [6.45, 7) is 3.68. The lowest BCUT2D eigenvalue weighted by Crippen LogP contribution is -2.00. The molecule has 152 valence electrons. The minimum atomic E-state index is -4.87. The van der Waals surface area contributed by atoms with Crippen LogP contribution >= 0.6 is 0 Å². The number of fused-ring (bicyclic) bond motifs is 1. The number of aromatic hydroxyl groups is 1. The molecule has 0 heterocycles. The Balaban J connectivity index is 2.31. The molecule has 0 unspecified atom stereocenters. The number of aryl methyl sites for hydroxylation is 2. The van der Waals surface area contributed by atoms with Crippen LogP contribution in [0.1, 0.15) is 11.1 Å². The second-order valence-electron chi connectivity index (χ2n) is 6.37. The summed E-state index contributed by atoms with van der Waals surface area (Å²) in [5.41, 5.74) is 1.93. The van der Waals surface area contributed by atoms with Gasteiger partial charge in [-0.15, -0.1) is 5.11 Å². The van der Waals surface area contributed by atoms with Crippen LogP contribution in [0.15, 0.2) is 62.5 Å². The van der Waals surface area contributed by atoms with E-state index in [9.17, 15) is 31.0 Å². The molecule has 0 spiro atoms. The molecular formula is C18H15N2O7S2-. The van der Waals surface area contributed by atoms with E-state index in [0.29, 0.717) is 5.69 Å². The highest BCUT2D eigenvalue weighted by molar-refractivity contribution is 7.86. The maximum absolute atomic E-state index is 11.6. The van der Waals surface area contributed by atoms with Gasteiger partial charge in [0.1, 0.15) is 20.7 Å². The van der Waals surface area contributed by atoms with Gasteiger partial charge in [0.05, 0.1) is 10.6 Å². The van der Waals surface area contributed by atoms with Gasteiger partial charge in [-0.3, -0.25) is 4.55 Å². The minimum Gasteiger partial charge on any atom is -0.744 e. The molecule has 3 rings (SSSR count). The summed E-state index contributed by atoms with van der Waals surface area (Å²) in [4.78, 5) is -1.49. The van der Waals surface area contributed by atoms with E-state index >= 15 is 0 Å². The maximum atomic E-state index is 11.6. The molecule has 0 saturated heterocycles. The predicted molar refractivity (Wildman–Crippen MR) is 103 cm³/mol. The largest absolute Gasteiger partial charge is 0.744 e. The van der Waals surface area contributed by atoms with Gasteiger partial charge in [-0.25, -0.2) is 8.42 Å². The third-order valence-corrected chi connectivity index (χ3v) is 5.90. The minimum absolute atomic E-state index is 0.0399. The molecule has 0 aliphatic heterocycles. The van der Waals surface area contributed by atoms with Crippen LogP contribution in [0.25, 0.3) is 10.8 Å². The molecule has 0 saturated carbocycles. The van der Waals surface area contributed by atoms with E-state index in [2.05, 4.69) is 10.2 Å². The van der Waals surface area contributed by atoms with E-state index in [-0.39, 0.29) is 16.5 Å². The molecular weight excluding hydrogens is 420 g/mol. The van der Waals surface area contributed by atoms with Crippen molar-refractivity contribution in [2.24, 2.45) is 10.2 Å². The molecule has 2 N–H and O–H groups in total. The normalized spacial score (nSPS) is 12.7. The van der Waals surface area contributed by atoms with Crippen molar-refractivity contribution in [3.63, 3.8) is 0 Å². The van der Waals surface area contributed by atoms with Crippen molar-refractivity contribution in [1.29, 1.82) is 0 Å². The highest BCUT2D eigenvalue weighted by Gasteiger charge is 2.22. The third kappa shape index (κ3) is 4.27. The number of hydrogen-bond donors (Lipinski definition) is 2. The summed E-state index contributed by atoms with van der Waals surface area (Å²) in [6, 6.07) is 9.32. The van der Waals surface area contributed by atoms with Crippen molar-refractivity contribution in [2.45, 2.75) is 23.6 Å². The van der Waals surface area contributed by atoms with E-state index in [1.807, 2.05) is 13.0 Å². The molecule has 0 bridgehead atoms. The lowest BCUT2D eigenvalue weighted by Gasteiger charge is -2.12. The summed E-state index contributed by atoms with van der Waals surface area (Å²) in [5, 5.41) is 18.4. The fourth-order valence-electron chi connectivity index (χ4n) is 2.80. The van der Waals surface area contributed by atoms with Crippen molar-refractivity contribution in [2.75, 3.05) is 0 Å². The summed E-state index contributed by atoms with van der Waals surface area (Å²) < 4.78 is 66.5. The van der Waals surface area contributed by atoms with Crippen LogP contribution in [0.2, 0.25) is 0 Å². The van der Waals surface area contributed by atoms with Gasteiger partial charge in [0.15, 0.2) is 5.75 Å². The standard InChI is InChI=1S/C18H16N2O7S2/c1-10-3-6-15(11(2)7-10)19-20-17-14-5-4-13(28(22,23)24)8-12(14)9-16(18(17)21)29(25,26)27/h3-9,21H,1-2H3,(H,22,23,24)(H,25,26,27)/p-1. The Morgan fingerprint density at radius 1 is 0.931 bits per heavy atom. The summed E-state index contributed by atoms with van der Waals surface area (Å²) >= 11 is 0. The number of benzene rings is 3. The highest BCUT2D eigenvalue weighted by atomic mass is 32.2. The van der Waals surface area contributed by atoms with Crippen molar-refractivity contribution in [1.82, 2.24) is 0 Å². The zero-order valence-corrected chi connectivity index (χ0v) is 16.8. The molecule has 0 aliphatic carbocycles. The molecule has 0 amide bonds. The Bertz CT molecular complexity index is 1380. The zero-order valence-electron chi connectivity index (χ0n) is 15.2. The van der Waals surface area contributed by atoms with Crippen LogP contribution in [0.5, 0.6) is 5.75 Å². The summed E-state index contributed by atoms with van der Waals surface area (Å²) in [5.74, 6) is -0.855. The molecule has 0 aromatic heterocycles.